The van der Waals surface area contributed by atoms with E-state index in [0.29, 0.717) is 13.0 Å². The standard InChI is InChI=1S/C19H20N4O2/c1-14(22-17-9-7-15(8-10-17)11-12-20)18(24)23-19(25)21-13-16-5-3-2-4-6-16/h2-10,14,22H,11,13H2,1H3,(H2,21,23,24,25). The number of rotatable bonds is 6. The number of urea groups is 1. The number of amides is 3. The van der Waals surface area contributed by atoms with E-state index in [1.165, 1.54) is 0 Å². The van der Waals surface area contributed by atoms with E-state index in [9.17, 15) is 9.59 Å². The zero-order valence-electron chi connectivity index (χ0n) is 14.0. The number of hydrogen-bond donors (Lipinski definition) is 3. The van der Waals surface area contributed by atoms with Crippen molar-refractivity contribution in [2.75, 3.05) is 5.32 Å². The maximum Gasteiger partial charge on any atom is 0.321 e. The van der Waals surface area contributed by atoms with Crippen LogP contribution in [0.15, 0.2) is 54.6 Å². The van der Waals surface area contributed by atoms with Crippen LogP contribution >= 0.6 is 0 Å². The summed E-state index contributed by atoms with van der Waals surface area (Å²) in [6, 6.07) is 17.6. The molecule has 0 bridgehead atoms. The van der Waals surface area contributed by atoms with Crippen molar-refractivity contribution >= 4 is 17.6 Å². The first kappa shape index (κ1) is 18.0. The first-order valence-electron chi connectivity index (χ1n) is 7.93. The van der Waals surface area contributed by atoms with Crippen LogP contribution in [-0.4, -0.2) is 18.0 Å². The topological polar surface area (TPSA) is 94.0 Å². The number of hydrogen-bond acceptors (Lipinski definition) is 4. The summed E-state index contributed by atoms with van der Waals surface area (Å²) in [5.41, 5.74) is 2.60. The van der Waals surface area contributed by atoms with Gasteiger partial charge in [0.15, 0.2) is 0 Å². The Bertz CT molecular complexity index is 751. The first-order chi connectivity index (χ1) is 12.1. The second-order valence-corrected chi connectivity index (χ2v) is 5.56. The molecule has 0 aromatic heterocycles. The smallest absolute Gasteiger partial charge is 0.321 e. The van der Waals surface area contributed by atoms with Crippen LogP contribution in [0.25, 0.3) is 0 Å². The van der Waals surface area contributed by atoms with Gasteiger partial charge in [-0.25, -0.2) is 4.79 Å². The maximum atomic E-state index is 12.1. The van der Waals surface area contributed by atoms with Crippen molar-refractivity contribution in [3.63, 3.8) is 0 Å². The van der Waals surface area contributed by atoms with Gasteiger partial charge >= 0.3 is 6.03 Å². The van der Waals surface area contributed by atoms with Gasteiger partial charge in [0.2, 0.25) is 5.91 Å². The molecule has 1 unspecified atom stereocenters. The normalized spacial score (nSPS) is 11.0. The number of nitriles is 1. The molecule has 25 heavy (non-hydrogen) atoms. The highest BCUT2D eigenvalue weighted by atomic mass is 16.2. The van der Waals surface area contributed by atoms with Gasteiger partial charge in [0.1, 0.15) is 6.04 Å². The quantitative estimate of drug-likeness (QED) is 0.756. The molecule has 2 aromatic rings. The molecule has 0 fully saturated rings. The first-order valence-corrected chi connectivity index (χ1v) is 7.93. The van der Waals surface area contributed by atoms with Crippen molar-refractivity contribution in [2.24, 2.45) is 0 Å². The number of nitrogens with zero attached hydrogens (tertiary/aromatic N) is 1. The lowest BCUT2D eigenvalue weighted by Gasteiger charge is -2.15. The van der Waals surface area contributed by atoms with Crippen molar-refractivity contribution in [1.82, 2.24) is 10.6 Å². The third-order valence-electron chi connectivity index (χ3n) is 3.55. The molecule has 128 valence electrons. The van der Waals surface area contributed by atoms with Crippen LogP contribution in [0.2, 0.25) is 0 Å². The van der Waals surface area contributed by atoms with E-state index in [4.69, 9.17) is 5.26 Å². The molecule has 2 aromatic carbocycles. The fourth-order valence-corrected chi connectivity index (χ4v) is 2.17. The second kappa shape index (κ2) is 9.08. The summed E-state index contributed by atoms with van der Waals surface area (Å²) < 4.78 is 0. The highest BCUT2D eigenvalue weighted by molar-refractivity contribution is 5.97. The van der Waals surface area contributed by atoms with Gasteiger partial charge in [-0.3, -0.25) is 10.1 Å². The van der Waals surface area contributed by atoms with E-state index in [-0.39, 0.29) is 0 Å². The Morgan fingerprint density at radius 2 is 1.72 bits per heavy atom. The lowest BCUT2D eigenvalue weighted by molar-refractivity contribution is -0.120. The number of carbonyl (C=O) groups excluding carboxylic acids is 2. The number of carbonyl (C=O) groups is 2. The van der Waals surface area contributed by atoms with E-state index in [1.54, 1.807) is 19.1 Å². The fraction of sp³-hybridized carbons (Fsp3) is 0.211. The average molecular weight is 336 g/mol. The van der Waals surface area contributed by atoms with Crippen LogP contribution in [0.4, 0.5) is 10.5 Å². The second-order valence-electron chi connectivity index (χ2n) is 5.56. The summed E-state index contributed by atoms with van der Waals surface area (Å²) >= 11 is 0. The van der Waals surface area contributed by atoms with Gasteiger partial charge < -0.3 is 10.6 Å². The Morgan fingerprint density at radius 1 is 1.04 bits per heavy atom. The highest BCUT2D eigenvalue weighted by Gasteiger charge is 2.15. The molecule has 0 radical (unpaired) electrons. The average Bonchev–Trinajstić information content (AvgIpc) is 2.62. The van der Waals surface area contributed by atoms with Gasteiger partial charge in [-0.05, 0) is 30.2 Å². The minimum Gasteiger partial charge on any atom is -0.374 e. The molecule has 3 N–H and O–H groups in total. The predicted molar refractivity (Wildman–Crippen MR) is 95.7 cm³/mol. The monoisotopic (exact) mass is 336 g/mol. The van der Waals surface area contributed by atoms with Crippen molar-refractivity contribution in [2.45, 2.75) is 25.9 Å². The molecular formula is C19H20N4O2. The van der Waals surface area contributed by atoms with Crippen LogP contribution in [0.5, 0.6) is 0 Å². The number of nitrogens with one attached hydrogen (secondary N) is 3. The van der Waals surface area contributed by atoms with Gasteiger partial charge in [-0.1, -0.05) is 42.5 Å². The molecule has 0 aliphatic rings. The Morgan fingerprint density at radius 3 is 2.36 bits per heavy atom. The summed E-state index contributed by atoms with van der Waals surface area (Å²) in [4.78, 5) is 23.9. The van der Waals surface area contributed by atoms with Crippen LogP contribution in [0.3, 0.4) is 0 Å². The van der Waals surface area contributed by atoms with Crippen LogP contribution in [-0.2, 0) is 17.8 Å². The predicted octanol–water partition coefficient (Wildman–Crippen LogP) is 2.58. The van der Waals surface area contributed by atoms with E-state index in [0.717, 1.165) is 16.8 Å². The van der Waals surface area contributed by atoms with Crippen molar-refractivity contribution in [1.29, 1.82) is 5.26 Å². The Hall–Kier alpha value is -3.33. The van der Waals surface area contributed by atoms with Gasteiger partial charge in [0, 0.05) is 12.2 Å². The van der Waals surface area contributed by atoms with Crippen LogP contribution < -0.4 is 16.0 Å². The molecule has 1 atom stereocenters. The zero-order chi connectivity index (χ0) is 18.1. The Labute approximate surface area is 146 Å². The fourth-order valence-electron chi connectivity index (χ4n) is 2.17. The van der Waals surface area contributed by atoms with E-state index < -0.39 is 18.0 Å². The number of anilines is 1. The summed E-state index contributed by atoms with van der Waals surface area (Å²) in [5, 5.41) is 16.6. The maximum absolute atomic E-state index is 12.1. The largest absolute Gasteiger partial charge is 0.374 e. The Balaban J connectivity index is 1.79. The number of benzene rings is 2. The minimum absolute atomic E-state index is 0.345. The third-order valence-corrected chi connectivity index (χ3v) is 3.55. The summed E-state index contributed by atoms with van der Waals surface area (Å²) in [6.45, 7) is 2.02. The van der Waals surface area contributed by atoms with Gasteiger partial charge in [-0.2, -0.15) is 5.26 Å². The molecule has 0 aliphatic carbocycles. The molecule has 0 spiro atoms. The molecule has 0 saturated carbocycles. The molecule has 0 heterocycles. The van der Waals surface area contributed by atoms with E-state index in [2.05, 4.69) is 22.0 Å². The lowest BCUT2D eigenvalue weighted by Crippen LogP contribution is -2.45. The molecule has 2 rings (SSSR count). The molecule has 0 aliphatic heterocycles. The summed E-state index contributed by atoms with van der Waals surface area (Å²) in [7, 11) is 0. The van der Waals surface area contributed by atoms with Gasteiger partial charge in [-0.15, -0.1) is 0 Å². The van der Waals surface area contributed by atoms with Gasteiger partial charge in [0.05, 0.1) is 12.5 Å². The minimum atomic E-state index is -0.579. The molecule has 3 amide bonds. The third kappa shape index (κ3) is 5.99. The van der Waals surface area contributed by atoms with Crippen molar-refractivity contribution < 1.29 is 9.59 Å². The molecule has 6 nitrogen and oxygen atoms in total. The summed E-state index contributed by atoms with van der Waals surface area (Å²) in [6.07, 6.45) is 0.345. The molecule has 6 heteroatoms. The van der Waals surface area contributed by atoms with Crippen molar-refractivity contribution in [3.8, 4) is 6.07 Å². The van der Waals surface area contributed by atoms with E-state index in [1.807, 2.05) is 42.5 Å². The summed E-state index contributed by atoms with van der Waals surface area (Å²) in [5.74, 6) is -0.424. The van der Waals surface area contributed by atoms with Crippen molar-refractivity contribution in [3.05, 3.63) is 65.7 Å². The molecule has 0 saturated heterocycles. The SMILES string of the molecule is CC(Nc1ccc(CC#N)cc1)C(=O)NC(=O)NCc1ccccc1. The van der Waals surface area contributed by atoms with Crippen LogP contribution in [0, 0.1) is 11.3 Å². The number of imide groups is 1. The van der Waals surface area contributed by atoms with E-state index >= 15 is 0 Å². The van der Waals surface area contributed by atoms with Gasteiger partial charge in [0.25, 0.3) is 0 Å². The van der Waals surface area contributed by atoms with Crippen LogP contribution in [0.1, 0.15) is 18.1 Å². The zero-order valence-corrected chi connectivity index (χ0v) is 14.0. The molecular weight excluding hydrogens is 316 g/mol. The Kier molecular flexibility index (Phi) is 6.55. The highest BCUT2D eigenvalue weighted by Crippen LogP contribution is 2.11. The lowest BCUT2D eigenvalue weighted by atomic mass is 10.1.